The first-order valence-corrected chi connectivity index (χ1v) is 9.91. The van der Waals surface area contributed by atoms with E-state index in [9.17, 15) is 9.18 Å². The van der Waals surface area contributed by atoms with Crippen LogP contribution in [-0.4, -0.2) is 42.0 Å². The molecule has 1 unspecified atom stereocenters. The summed E-state index contributed by atoms with van der Waals surface area (Å²) in [6.07, 6.45) is 0.631. The van der Waals surface area contributed by atoms with Gasteiger partial charge in [0.05, 0.1) is 18.8 Å². The van der Waals surface area contributed by atoms with E-state index in [1.807, 2.05) is 37.3 Å². The van der Waals surface area contributed by atoms with Gasteiger partial charge < -0.3 is 14.5 Å². The van der Waals surface area contributed by atoms with Crippen molar-refractivity contribution in [2.75, 3.05) is 20.2 Å². The zero-order chi connectivity index (χ0) is 21.1. The van der Waals surface area contributed by atoms with Crippen molar-refractivity contribution in [3.8, 4) is 17.2 Å². The molecule has 0 aliphatic carbocycles. The molecule has 1 saturated heterocycles. The van der Waals surface area contributed by atoms with Crippen LogP contribution in [0.1, 0.15) is 17.0 Å². The SMILES string of the molecule is COc1cc(-c2nc(CN3CCNC(=O)C3Cc3ccccc3)c(C)o2)ccc1F. The lowest BCUT2D eigenvalue weighted by Gasteiger charge is -2.34. The minimum Gasteiger partial charge on any atom is -0.494 e. The normalized spacial score (nSPS) is 17.0. The molecule has 7 heteroatoms. The van der Waals surface area contributed by atoms with E-state index < -0.39 is 5.82 Å². The maximum Gasteiger partial charge on any atom is 0.237 e. The Labute approximate surface area is 174 Å². The van der Waals surface area contributed by atoms with Crippen LogP contribution in [0, 0.1) is 12.7 Å². The first kappa shape index (κ1) is 20.1. The van der Waals surface area contributed by atoms with Gasteiger partial charge in [0.15, 0.2) is 11.6 Å². The Morgan fingerprint density at radius 3 is 2.83 bits per heavy atom. The molecule has 156 valence electrons. The van der Waals surface area contributed by atoms with Crippen molar-refractivity contribution < 1.29 is 18.3 Å². The quantitative estimate of drug-likeness (QED) is 0.676. The number of ether oxygens (including phenoxy) is 1. The Bertz CT molecular complexity index is 1040. The van der Waals surface area contributed by atoms with Crippen LogP contribution < -0.4 is 10.1 Å². The topological polar surface area (TPSA) is 67.6 Å². The van der Waals surface area contributed by atoms with Gasteiger partial charge in [-0.3, -0.25) is 9.69 Å². The molecule has 0 radical (unpaired) electrons. The molecule has 6 nitrogen and oxygen atoms in total. The Kier molecular flexibility index (Phi) is 5.81. The molecule has 1 N–H and O–H groups in total. The van der Waals surface area contributed by atoms with Gasteiger partial charge in [-0.25, -0.2) is 9.37 Å². The van der Waals surface area contributed by atoms with E-state index in [1.165, 1.54) is 13.2 Å². The molecule has 0 bridgehead atoms. The minimum absolute atomic E-state index is 0.0229. The zero-order valence-electron chi connectivity index (χ0n) is 17.0. The van der Waals surface area contributed by atoms with Gasteiger partial charge in [0.2, 0.25) is 11.8 Å². The van der Waals surface area contributed by atoms with Crippen LogP contribution in [0.25, 0.3) is 11.5 Å². The third kappa shape index (κ3) is 4.21. The second-order valence-electron chi connectivity index (χ2n) is 7.34. The molecule has 0 saturated carbocycles. The van der Waals surface area contributed by atoms with Crippen molar-refractivity contribution in [1.82, 2.24) is 15.2 Å². The molecule has 4 rings (SSSR count). The zero-order valence-corrected chi connectivity index (χ0v) is 17.0. The summed E-state index contributed by atoms with van der Waals surface area (Å²) in [7, 11) is 1.42. The van der Waals surface area contributed by atoms with E-state index in [-0.39, 0.29) is 17.7 Å². The van der Waals surface area contributed by atoms with E-state index in [4.69, 9.17) is 9.15 Å². The molecule has 2 heterocycles. The van der Waals surface area contributed by atoms with Gasteiger partial charge in [0, 0.05) is 25.2 Å². The predicted molar refractivity (Wildman–Crippen MR) is 111 cm³/mol. The van der Waals surface area contributed by atoms with Crippen molar-refractivity contribution in [2.45, 2.75) is 25.9 Å². The van der Waals surface area contributed by atoms with Crippen molar-refractivity contribution in [2.24, 2.45) is 0 Å². The number of benzene rings is 2. The fourth-order valence-electron chi connectivity index (χ4n) is 3.69. The third-order valence-corrected chi connectivity index (χ3v) is 5.36. The Hall–Kier alpha value is -3.19. The minimum atomic E-state index is -0.437. The van der Waals surface area contributed by atoms with E-state index in [2.05, 4.69) is 15.2 Å². The summed E-state index contributed by atoms with van der Waals surface area (Å²) in [6.45, 7) is 3.68. The second kappa shape index (κ2) is 8.67. The Morgan fingerprint density at radius 1 is 1.27 bits per heavy atom. The average molecular weight is 409 g/mol. The van der Waals surface area contributed by atoms with Crippen molar-refractivity contribution in [1.29, 1.82) is 0 Å². The number of hydrogen-bond acceptors (Lipinski definition) is 5. The Morgan fingerprint density at radius 2 is 2.07 bits per heavy atom. The first-order chi connectivity index (χ1) is 14.5. The van der Waals surface area contributed by atoms with Gasteiger partial charge in [-0.2, -0.15) is 0 Å². The number of hydrogen-bond donors (Lipinski definition) is 1. The predicted octanol–water partition coefficient (Wildman–Crippen LogP) is 3.34. The van der Waals surface area contributed by atoms with Gasteiger partial charge in [-0.15, -0.1) is 0 Å². The standard InChI is InChI=1S/C23H24FN3O3/c1-15-19(26-23(30-15)17-8-9-18(24)21(13-17)29-2)14-27-11-10-25-22(28)20(27)12-16-6-4-3-5-7-16/h3-9,13,20H,10-12,14H2,1-2H3,(H,25,28). The number of rotatable bonds is 6. The van der Waals surface area contributed by atoms with E-state index in [0.717, 1.165) is 17.8 Å². The van der Waals surface area contributed by atoms with Gasteiger partial charge in [0.1, 0.15) is 5.76 Å². The number of nitrogens with one attached hydrogen (secondary N) is 1. The number of methoxy groups -OCH3 is 1. The van der Waals surface area contributed by atoms with Crippen LogP contribution >= 0.6 is 0 Å². The maximum atomic E-state index is 13.7. The first-order valence-electron chi connectivity index (χ1n) is 9.91. The van der Waals surface area contributed by atoms with Crippen LogP contribution in [0.4, 0.5) is 4.39 Å². The van der Waals surface area contributed by atoms with Crippen LogP contribution in [0.2, 0.25) is 0 Å². The highest BCUT2D eigenvalue weighted by atomic mass is 19.1. The van der Waals surface area contributed by atoms with Crippen molar-refractivity contribution >= 4 is 5.91 Å². The number of carbonyl (C=O) groups excluding carboxylic acids is 1. The summed E-state index contributed by atoms with van der Waals surface area (Å²) in [6, 6.07) is 14.2. The number of halogens is 1. The molecule has 1 aliphatic heterocycles. The highest BCUT2D eigenvalue weighted by molar-refractivity contribution is 5.82. The molecule has 30 heavy (non-hydrogen) atoms. The van der Waals surface area contributed by atoms with Crippen LogP contribution in [0.3, 0.4) is 0 Å². The van der Waals surface area contributed by atoms with Crippen LogP contribution in [-0.2, 0) is 17.8 Å². The summed E-state index contributed by atoms with van der Waals surface area (Å²) in [5, 5.41) is 2.96. The summed E-state index contributed by atoms with van der Waals surface area (Å²) in [4.78, 5) is 19.3. The molecule has 1 atom stereocenters. The highest BCUT2D eigenvalue weighted by Gasteiger charge is 2.31. The summed E-state index contributed by atoms with van der Waals surface area (Å²) >= 11 is 0. The van der Waals surface area contributed by atoms with E-state index >= 15 is 0 Å². The molecule has 2 aromatic carbocycles. The molecule has 0 spiro atoms. The molecule has 1 aromatic heterocycles. The second-order valence-corrected chi connectivity index (χ2v) is 7.34. The monoisotopic (exact) mass is 409 g/mol. The summed E-state index contributed by atoms with van der Waals surface area (Å²) < 4.78 is 24.6. The maximum absolute atomic E-state index is 13.7. The van der Waals surface area contributed by atoms with Gasteiger partial charge in [0.25, 0.3) is 0 Å². The van der Waals surface area contributed by atoms with Gasteiger partial charge in [-0.1, -0.05) is 30.3 Å². The largest absolute Gasteiger partial charge is 0.494 e. The summed E-state index contributed by atoms with van der Waals surface area (Å²) in [5.41, 5.74) is 2.52. The lowest BCUT2D eigenvalue weighted by molar-refractivity contribution is -0.129. The van der Waals surface area contributed by atoms with Gasteiger partial charge in [-0.05, 0) is 37.1 Å². The number of oxazole rings is 1. The van der Waals surface area contributed by atoms with Crippen LogP contribution in [0.5, 0.6) is 5.75 Å². The van der Waals surface area contributed by atoms with E-state index in [0.29, 0.717) is 36.7 Å². The number of aryl methyl sites for hydroxylation is 1. The van der Waals surface area contributed by atoms with Crippen LogP contribution in [0.15, 0.2) is 52.9 Å². The average Bonchev–Trinajstić information content (AvgIpc) is 3.12. The lowest BCUT2D eigenvalue weighted by Crippen LogP contribution is -2.55. The third-order valence-electron chi connectivity index (χ3n) is 5.36. The highest BCUT2D eigenvalue weighted by Crippen LogP contribution is 2.28. The van der Waals surface area contributed by atoms with Crippen molar-refractivity contribution in [3.63, 3.8) is 0 Å². The van der Waals surface area contributed by atoms with Crippen molar-refractivity contribution in [3.05, 3.63) is 71.4 Å². The number of aromatic nitrogens is 1. The molecule has 1 amide bonds. The smallest absolute Gasteiger partial charge is 0.237 e. The molecule has 1 fully saturated rings. The molecular formula is C23H24FN3O3. The van der Waals surface area contributed by atoms with E-state index in [1.54, 1.807) is 12.1 Å². The Balaban J connectivity index is 1.56. The fourth-order valence-corrected chi connectivity index (χ4v) is 3.69. The molecule has 1 aliphatic rings. The number of piperazine rings is 1. The fraction of sp³-hybridized carbons (Fsp3) is 0.304. The molecular weight excluding hydrogens is 385 g/mol. The number of nitrogens with zero attached hydrogens (tertiary/aromatic N) is 2. The number of carbonyl (C=O) groups is 1. The summed E-state index contributed by atoms with van der Waals surface area (Å²) in [5.74, 6) is 0.808. The number of amides is 1. The molecule has 3 aromatic rings. The van der Waals surface area contributed by atoms with Gasteiger partial charge >= 0.3 is 0 Å². The lowest BCUT2D eigenvalue weighted by atomic mass is 10.0.